The Hall–Kier alpha value is -2.34. The predicted octanol–water partition coefficient (Wildman–Crippen LogP) is 3.53. The van der Waals surface area contributed by atoms with Crippen LogP contribution in [-0.2, 0) is 0 Å². The number of nitro benzene ring substituents is 1. The lowest BCUT2D eigenvalue weighted by Gasteiger charge is -2.10. The quantitative estimate of drug-likeness (QED) is 0.650. The summed E-state index contributed by atoms with van der Waals surface area (Å²) in [6, 6.07) is 8.62. The van der Waals surface area contributed by atoms with Crippen molar-refractivity contribution in [3.8, 4) is 17.1 Å². The number of hydrogen-bond donors (Lipinski definition) is 1. The molecule has 2 rings (SSSR count). The highest BCUT2D eigenvalue weighted by molar-refractivity contribution is 5.65. The van der Waals surface area contributed by atoms with E-state index < -0.39 is 4.92 Å². The third-order valence-electron chi connectivity index (χ3n) is 3.39. The zero-order valence-electron chi connectivity index (χ0n) is 12.3. The third-order valence-corrected chi connectivity index (χ3v) is 3.39. The standard InChI is InChI=1S/C15H18N2O4/c1-4-11(16-2)14-8-7-13(21-14)10-5-6-15(20-3)12(9-10)17(18)19/h5-9,11,16H,4H2,1-3H3. The normalized spacial score (nSPS) is 12.1. The van der Waals surface area contributed by atoms with Crippen molar-refractivity contribution in [2.45, 2.75) is 19.4 Å². The number of hydrogen-bond acceptors (Lipinski definition) is 5. The van der Waals surface area contributed by atoms with E-state index in [1.54, 1.807) is 12.1 Å². The first-order valence-corrected chi connectivity index (χ1v) is 6.70. The number of nitrogens with one attached hydrogen (secondary N) is 1. The Morgan fingerprint density at radius 2 is 2.14 bits per heavy atom. The second-order valence-electron chi connectivity index (χ2n) is 4.60. The van der Waals surface area contributed by atoms with Crippen LogP contribution < -0.4 is 10.1 Å². The van der Waals surface area contributed by atoms with Gasteiger partial charge in [0.25, 0.3) is 0 Å². The van der Waals surface area contributed by atoms with Crippen LogP contribution in [0.5, 0.6) is 5.75 Å². The third kappa shape index (κ3) is 3.05. The Morgan fingerprint density at radius 3 is 2.71 bits per heavy atom. The summed E-state index contributed by atoms with van der Waals surface area (Å²) in [6.45, 7) is 2.06. The van der Waals surface area contributed by atoms with Gasteiger partial charge in [0.15, 0.2) is 5.75 Å². The Morgan fingerprint density at radius 1 is 1.38 bits per heavy atom. The first kappa shape index (κ1) is 15.1. The van der Waals surface area contributed by atoms with Crippen molar-refractivity contribution in [1.29, 1.82) is 0 Å². The highest BCUT2D eigenvalue weighted by Gasteiger charge is 2.18. The smallest absolute Gasteiger partial charge is 0.311 e. The summed E-state index contributed by atoms with van der Waals surface area (Å²) >= 11 is 0. The van der Waals surface area contributed by atoms with Gasteiger partial charge in [-0.15, -0.1) is 0 Å². The Bertz CT molecular complexity index is 632. The molecule has 0 aliphatic carbocycles. The number of furan rings is 1. The van der Waals surface area contributed by atoms with E-state index in [1.165, 1.54) is 13.2 Å². The highest BCUT2D eigenvalue weighted by Crippen LogP contribution is 2.33. The molecule has 6 heteroatoms. The van der Waals surface area contributed by atoms with Gasteiger partial charge in [0.1, 0.15) is 11.5 Å². The number of benzene rings is 1. The molecule has 1 aromatic heterocycles. The van der Waals surface area contributed by atoms with E-state index in [0.717, 1.165) is 12.2 Å². The van der Waals surface area contributed by atoms with Crippen LogP contribution in [0.2, 0.25) is 0 Å². The van der Waals surface area contributed by atoms with E-state index in [9.17, 15) is 10.1 Å². The number of nitro groups is 1. The van der Waals surface area contributed by atoms with E-state index in [-0.39, 0.29) is 17.5 Å². The van der Waals surface area contributed by atoms with Crippen LogP contribution in [-0.4, -0.2) is 19.1 Å². The van der Waals surface area contributed by atoms with Gasteiger partial charge in [0.2, 0.25) is 0 Å². The van der Waals surface area contributed by atoms with Crippen molar-refractivity contribution in [1.82, 2.24) is 5.32 Å². The van der Waals surface area contributed by atoms with E-state index in [2.05, 4.69) is 12.2 Å². The summed E-state index contributed by atoms with van der Waals surface area (Å²) in [5.74, 6) is 1.65. The van der Waals surface area contributed by atoms with E-state index >= 15 is 0 Å². The summed E-state index contributed by atoms with van der Waals surface area (Å²) in [5.41, 5.74) is 0.577. The molecule has 0 saturated heterocycles. The predicted molar refractivity (Wildman–Crippen MR) is 79.4 cm³/mol. The van der Waals surface area contributed by atoms with Crippen LogP contribution in [0.3, 0.4) is 0 Å². The first-order chi connectivity index (χ1) is 10.1. The average molecular weight is 290 g/mol. The number of rotatable bonds is 6. The van der Waals surface area contributed by atoms with Crippen molar-refractivity contribution in [2.24, 2.45) is 0 Å². The molecular weight excluding hydrogens is 272 g/mol. The minimum atomic E-state index is -0.464. The molecule has 0 amide bonds. The molecule has 1 N–H and O–H groups in total. The molecule has 0 saturated carbocycles. The highest BCUT2D eigenvalue weighted by atomic mass is 16.6. The van der Waals surface area contributed by atoms with Crippen LogP contribution in [0.15, 0.2) is 34.7 Å². The molecule has 1 aromatic carbocycles. The van der Waals surface area contributed by atoms with Gasteiger partial charge < -0.3 is 14.5 Å². The fraction of sp³-hybridized carbons (Fsp3) is 0.333. The molecular formula is C15H18N2O4. The fourth-order valence-electron chi connectivity index (χ4n) is 2.23. The van der Waals surface area contributed by atoms with Crippen molar-refractivity contribution in [3.63, 3.8) is 0 Å². The van der Waals surface area contributed by atoms with Crippen molar-refractivity contribution < 1.29 is 14.1 Å². The van der Waals surface area contributed by atoms with Crippen molar-refractivity contribution in [2.75, 3.05) is 14.2 Å². The molecule has 21 heavy (non-hydrogen) atoms. The van der Waals surface area contributed by atoms with Gasteiger partial charge in [-0.25, -0.2) is 0 Å². The summed E-state index contributed by atoms with van der Waals surface area (Å²) in [4.78, 5) is 10.6. The summed E-state index contributed by atoms with van der Waals surface area (Å²) in [7, 11) is 3.28. The van der Waals surface area contributed by atoms with Crippen molar-refractivity contribution >= 4 is 5.69 Å². The first-order valence-electron chi connectivity index (χ1n) is 6.70. The van der Waals surface area contributed by atoms with E-state index in [1.807, 2.05) is 19.2 Å². The lowest BCUT2D eigenvalue weighted by atomic mass is 10.1. The molecule has 0 bridgehead atoms. The molecule has 0 radical (unpaired) electrons. The van der Waals surface area contributed by atoms with Crippen LogP contribution in [0, 0.1) is 10.1 Å². The van der Waals surface area contributed by atoms with Gasteiger partial charge >= 0.3 is 5.69 Å². The molecule has 112 valence electrons. The van der Waals surface area contributed by atoms with E-state index in [0.29, 0.717) is 11.3 Å². The minimum Gasteiger partial charge on any atom is -0.490 e. The average Bonchev–Trinajstić information content (AvgIpc) is 2.97. The van der Waals surface area contributed by atoms with Crippen LogP contribution in [0.25, 0.3) is 11.3 Å². The van der Waals surface area contributed by atoms with Gasteiger partial charge in [-0.1, -0.05) is 6.92 Å². The zero-order valence-corrected chi connectivity index (χ0v) is 12.3. The maximum Gasteiger partial charge on any atom is 0.311 e. The second kappa shape index (κ2) is 6.41. The monoisotopic (exact) mass is 290 g/mol. The molecule has 0 spiro atoms. The van der Waals surface area contributed by atoms with E-state index in [4.69, 9.17) is 9.15 Å². The molecule has 1 heterocycles. The van der Waals surface area contributed by atoms with Gasteiger partial charge in [-0.05, 0) is 37.7 Å². The van der Waals surface area contributed by atoms with Crippen LogP contribution in [0.4, 0.5) is 5.69 Å². The molecule has 0 fully saturated rings. The largest absolute Gasteiger partial charge is 0.490 e. The van der Waals surface area contributed by atoms with Gasteiger partial charge in [-0.3, -0.25) is 10.1 Å². The SMILES string of the molecule is CCC(NC)c1ccc(-c2ccc(OC)c([N+](=O)[O-])c2)o1. The zero-order chi connectivity index (χ0) is 15.4. The molecule has 2 aromatic rings. The maximum atomic E-state index is 11.1. The van der Waals surface area contributed by atoms with Gasteiger partial charge in [0, 0.05) is 11.6 Å². The van der Waals surface area contributed by atoms with Crippen LogP contribution in [0.1, 0.15) is 25.1 Å². The van der Waals surface area contributed by atoms with Gasteiger partial charge in [0.05, 0.1) is 18.1 Å². The topological polar surface area (TPSA) is 77.5 Å². The number of methoxy groups -OCH3 is 1. The Balaban J connectivity index is 2.38. The number of nitrogens with zero attached hydrogens (tertiary/aromatic N) is 1. The van der Waals surface area contributed by atoms with Gasteiger partial charge in [-0.2, -0.15) is 0 Å². The second-order valence-corrected chi connectivity index (χ2v) is 4.60. The minimum absolute atomic E-state index is 0.0754. The fourth-order valence-corrected chi connectivity index (χ4v) is 2.23. The molecule has 1 atom stereocenters. The Labute approximate surface area is 122 Å². The summed E-state index contributed by atoms with van der Waals surface area (Å²) in [6.07, 6.45) is 0.895. The molecule has 0 aliphatic rings. The van der Waals surface area contributed by atoms with Crippen molar-refractivity contribution in [3.05, 3.63) is 46.2 Å². The van der Waals surface area contributed by atoms with Crippen LogP contribution >= 0.6 is 0 Å². The maximum absolute atomic E-state index is 11.1. The molecule has 1 unspecified atom stereocenters. The Kier molecular flexibility index (Phi) is 4.59. The summed E-state index contributed by atoms with van der Waals surface area (Å²) < 4.78 is 10.8. The molecule has 6 nitrogen and oxygen atoms in total. The number of ether oxygens (including phenoxy) is 1. The molecule has 0 aliphatic heterocycles. The lowest BCUT2D eigenvalue weighted by molar-refractivity contribution is -0.385. The summed E-state index contributed by atoms with van der Waals surface area (Å²) in [5, 5.41) is 14.2. The lowest BCUT2D eigenvalue weighted by Crippen LogP contribution is -2.14.